The quantitative estimate of drug-likeness (QED) is 0.797. The monoisotopic (exact) mass is 407 g/mol. The lowest BCUT2D eigenvalue weighted by atomic mass is 10.1. The van der Waals surface area contributed by atoms with E-state index >= 15 is 0 Å². The lowest BCUT2D eigenvalue weighted by Gasteiger charge is -2.28. The highest BCUT2D eigenvalue weighted by Gasteiger charge is 2.36. The molecule has 0 spiro atoms. The Bertz CT molecular complexity index is 902. The first-order valence-electron chi connectivity index (χ1n) is 9.02. The summed E-state index contributed by atoms with van der Waals surface area (Å²) in [6.45, 7) is 2.22. The fourth-order valence-electron chi connectivity index (χ4n) is 3.47. The predicted molar refractivity (Wildman–Crippen MR) is 108 cm³/mol. The standard InChI is InChI=1S/C20H23ClN2O3S/c1-15(18-9-5-6-10-19(18)21)22-13-20(24)23(16-7-3-2-4-8-16)17-11-12-27(25,26)14-17/h2-10,15,17,22H,11-14H2,1H3/p+1/t15-,17+/m1/s1. The lowest BCUT2D eigenvalue weighted by molar-refractivity contribution is -0.682. The molecule has 1 amide bonds. The number of benzene rings is 2. The largest absolute Gasteiger partial charge is 0.332 e. The summed E-state index contributed by atoms with van der Waals surface area (Å²) < 4.78 is 23.9. The average molecular weight is 408 g/mol. The van der Waals surface area contributed by atoms with Crippen molar-refractivity contribution in [2.75, 3.05) is 23.0 Å². The molecule has 0 radical (unpaired) electrons. The zero-order chi connectivity index (χ0) is 19.4. The molecular formula is C20H24ClN2O3S+. The Morgan fingerprint density at radius 1 is 1.19 bits per heavy atom. The van der Waals surface area contributed by atoms with Gasteiger partial charge in [0.15, 0.2) is 16.4 Å². The minimum atomic E-state index is -3.08. The first-order valence-corrected chi connectivity index (χ1v) is 11.2. The topological polar surface area (TPSA) is 71.1 Å². The van der Waals surface area contributed by atoms with Gasteiger partial charge in [0, 0.05) is 16.3 Å². The van der Waals surface area contributed by atoms with Crippen LogP contribution in [0.3, 0.4) is 0 Å². The van der Waals surface area contributed by atoms with Crippen LogP contribution in [0, 0.1) is 0 Å². The summed E-state index contributed by atoms with van der Waals surface area (Å²) in [5.74, 6) is 0.0593. The second kappa shape index (κ2) is 8.42. The Kier molecular flexibility index (Phi) is 6.19. The van der Waals surface area contributed by atoms with E-state index in [2.05, 4.69) is 0 Å². The Balaban J connectivity index is 1.75. The zero-order valence-electron chi connectivity index (χ0n) is 15.2. The Morgan fingerprint density at radius 3 is 2.48 bits per heavy atom. The molecule has 144 valence electrons. The van der Waals surface area contributed by atoms with Gasteiger partial charge in [-0.2, -0.15) is 0 Å². The van der Waals surface area contributed by atoms with E-state index < -0.39 is 9.84 Å². The van der Waals surface area contributed by atoms with Crippen molar-refractivity contribution in [3.8, 4) is 0 Å². The summed E-state index contributed by atoms with van der Waals surface area (Å²) >= 11 is 6.25. The van der Waals surface area contributed by atoms with Crippen LogP contribution in [0.15, 0.2) is 54.6 Å². The van der Waals surface area contributed by atoms with Gasteiger partial charge in [0.05, 0.1) is 17.5 Å². The lowest BCUT2D eigenvalue weighted by Crippen LogP contribution is -2.87. The van der Waals surface area contributed by atoms with Crippen molar-refractivity contribution in [1.29, 1.82) is 0 Å². The number of halogens is 1. The van der Waals surface area contributed by atoms with E-state index in [0.29, 0.717) is 11.4 Å². The van der Waals surface area contributed by atoms with Crippen molar-refractivity contribution in [2.24, 2.45) is 0 Å². The van der Waals surface area contributed by atoms with Gasteiger partial charge in [-0.25, -0.2) is 8.42 Å². The number of sulfone groups is 1. The van der Waals surface area contributed by atoms with Crippen molar-refractivity contribution >= 4 is 33.0 Å². The van der Waals surface area contributed by atoms with E-state index in [1.807, 2.05) is 66.8 Å². The minimum Gasteiger partial charge on any atom is -0.332 e. The molecule has 2 N–H and O–H groups in total. The number of para-hydroxylation sites is 1. The molecule has 2 aromatic carbocycles. The SMILES string of the molecule is C[C@@H]([NH2+]CC(=O)N(c1ccccc1)[C@H]1CCS(=O)(=O)C1)c1ccccc1Cl. The van der Waals surface area contributed by atoms with Crippen molar-refractivity contribution in [1.82, 2.24) is 0 Å². The van der Waals surface area contributed by atoms with Crippen LogP contribution in [0.5, 0.6) is 0 Å². The van der Waals surface area contributed by atoms with Crippen LogP contribution < -0.4 is 10.2 Å². The number of rotatable bonds is 6. The van der Waals surface area contributed by atoms with E-state index in [-0.39, 0.29) is 36.0 Å². The number of quaternary nitrogens is 1. The molecule has 0 aromatic heterocycles. The van der Waals surface area contributed by atoms with Gasteiger partial charge in [0.25, 0.3) is 5.91 Å². The Labute approximate surface area is 165 Å². The number of nitrogens with two attached hydrogens (primary N) is 1. The fraction of sp³-hybridized carbons (Fsp3) is 0.350. The summed E-state index contributed by atoms with van der Waals surface area (Å²) in [4.78, 5) is 14.7. The van der Waals surface area contributed by atoms with E-state index in [0.717, 1.165) is 11.3 Å². The molecule has 7 heteroatoms. The van der Waals surface area contributed by atoms with E-state index in [9.17, 15) is 13.2 Å². The van der Waals surface area contributed by atoms with Crippen molar-refractivity contribution in [2.45, 2.75) is 25.4 Å². The molecule has 0 bridgehead atoms. The summed E-state index contributed by atoms with van der Waals surface area (Å²) in [5, 5.41) is 2.61. The molecule has 1 aliphatic heterocycles. The molecule has 1 heterocycles. The maximum Gasteiger partial charge on any atom is 0.282 e. The number of hydrogen-bond donors (Lipinski definition) is 1. The molecule has 2 aromatic rings. The number of anilines is 1. The summed E-state index contributed by atoms with van der Waals surface area (Å²) in [7, 11) is -3.08. The maximum absolute atomic E-state index is 13.0. The van der Waals surface area contributed by atoms with Gasteiger partial charge in [-0.3, -0.25) is 4.79 Å². The van der Waals surface area contributed by atoms with Gasteiger partial charge < -0.3 is 10.2 Å². The average Bonchev–Trinajstić information content (AvgIpc) is 3.00. The molecule has 27 heavy (non-hydrogen) atoms. The van der Waals surface area contributed by atoms with Gasteiger partial charge in [-0.1, -0.05) is 48.0 Å². The van der Waals surface area contributed by atoms with Crippen LogP contribution in [0.25, 0.3) is 0 Å². The molecule has 1 aliphatic rings. The highest BCUT2D eigenvalue weighted by Crippen LogP contribution is 2.24. The van der Waals surface area contributed by atoms with Crippen LogP contribution in [0.4, 0.5) is 5.69 Å². The van der Waals surface area contributed by atoms with Gasteiger partial charge >= 0.3 is 0 Å². The third-order valence-electron chi connectivity index (χ3n) is 4.92. The number of nitrogens with zero attached hydrogens (tertiary/aromatic N) is 1. The predicted octanol–water partition coefficient (Wildman–Crippen LogP) is 2.18. The molecule has 1 saturated heterocycles. The normalized spacial score (nSPS) is 19.6. The van der Waals surface area contributed by atoms with Crippen LogP contribution in [-0.2, 0) is 14.6 Å². The maximum atomic E-state index is 13.0. The molecular weight excluding hydrogens is 384 g/mol. The summed E-state index contributed by atoms with van der Waals surface area (Å²) in [5.41, 5.74) is 1.71. The molecule has 3 rings (SSSR count). The second-order valence-corrected chi connectivity index (χ2v) is 9.54. The van der Waals surface area contributed by atoms with Gasteiger partial charge in [0.1, 0.15) is 6.04 Å². The van der Waals surface area contributed by atoms with E-state index in [4.69, 9.17) is 11.6 Å². The molecule has 0 saturated carbocycles. The zero-order valence-corrected chi connectivity index (χ0v) is 16.8. The third-order valence-corrected chi connectivity index (χ3v) is 7.01. The highest BCUT2D eigenvalue weighted by atomic mass is 35.5. The highest BCUT2D eigenvalue weighted by molar-refractivity contribution is 7.91. The van der Waals surface area contributed by atoms with E-state index in [1.54, 1.807) is 4.90 Å². The minimum absolute atomic E-state index is 0.0209. The van der Waals surface area contributed by atoms with Gasteiger partial charge in [0.2, 0.25) is 0 Å². The molecule has 2 atom stereocenters. The Morgan fingerprint density at radius 2 is 1.85 bits per heavy atom. The first kappa shape index (κ1) is 19.9. The molecule has 0 aliphatic carbocycles. The molecule has 1 fully saturated rings. The first-order chi connectivity index (χ1) is 12.9. The van der Waals surface area contributed by atoms with Crippen molar-refractivity contribution in [3.05, 3.63) is 65.2 Å². The van der Waals surface area contributed by atoms with E-state index in [1.165, 1.54) is 0 Å². The number of hydrogen-bond acceptors (Lipinski definition) is 3. The van der Waals surface area contributed by atoms with Crippen molar-refractivity contribution < 1.29 is 18.5 Å². The summed E-state index contributed by atoms with van der Waals surface area (Å²) in [6, 6.07) is 16.6. The van der Waals surface area contributed by atoms with Crippen molar-refractivity contribution in [3.63, 3.8) is 0 Å². The third kappa shape index (κ3) is 4.89. The number of carbonyl (C=O) groups is 1. The van der Waals surface area contributed by atoms with Gasteiger partial charge in [-0.05, 0) is 31.5 Å². The van der Waals surface area contributed by atoms with Gasteiger partial charge in [-0.15, -0.1) is 0 Å². The molecule has 0 unspecified atom stereocenters. The second-order valence-electron chi connectivity index (χ2n) is 6.91. The van der Waals surface area contributed by atoms with Crippen LogP contribution in [0.1, 0.15) is 24.9 Å². The number of amides is 1. The fourth-order valence-corrected chi connectivity index (χ4v) is 5.48. The number of carbonyl (C=O) groups excluding carboxylic acids is 1. The molecule has 5 nitrogen and oxygen atoms in total. The Hall–Kier alpha value is -1.89. The summed E-state index contributed by atoms with van der Waals surface area (Å²) in [6.07, 6.45) is 0.475. The van der Waals surface area contributed by atoms with Crippen LogP contribution >= 0.6 is 11.6 Å². The smallest absolute Gasteiger partial charge is 0.282 e. The van der Waals surface area contributed by atoms with Crippen LogP contribution in [0.2, 0.25) is 5.02 Å². The van der Waals surface area contributed by atoms with Crippen LogP contribution in [-0.4, -0.2) is 38.4 Å².